The molecule has 3 aromatic rings. The van der Waals surface area contributed by atoms with Gasteiger partial charge in [0.25, 0.3) is 10.0 Å². The third kappa shape index (κ3) is 6.05. The van der Waals surface area contributed by atoms with Crippen LogP contribution in [0.5, 0.6) is 17.2 Å². The Kier molecular flexibility index (Phi) is 8.24. The van der Waals surface area contributed by atoms with Crippen LogP contribution in [0.1, 0.15) is 24.1 Å². The van der Waals surface area contributed by atoms with Crippen LogP contribution in [0.2, 0.25) is 0 Å². The Labute approximate surface area is 206 Å². The standard InChI is InChI=1S/C26H30N2O6S/c1-18-6-9-21(10-7-18)28(35(30,31)23-13-11-22(32-3)12-14-23)17-26(29)27-19(2)20-8-15-24(33-4)25(16-20)34-5/h6-16,19H,17H2,1-5H3,(H,27,29)/t19-/m0/s1. The third-order valence-electron chi connectivity index (χ3n) is 5.54. The smallest absolute Gasteiger partial charge is 0.264 e. The summed E-state index contributed by atoms with van der Waals surface area (Å²) in [5.41, 5.74) is 2.15. The van der Waals surface area contributed by atoms with Crippen LogP contribution < -0.4 is 23.8 Å². The van der Waals surface area contributed by atoms with Crippen LogP contribution in [-0.2, 0) is 14.8 Å². The Morgan fingerprint density at radius 3 is 2.09 bits per heavy atom. The van der Waals surface area contributed by atoms with E-state index in [0.29, 0.717) is 22.9 Å². The number of hydrogen-bond acceptors (Lipinski definition) is 6. The topological polar surface area (TPSA) is 94.2 Å². The zero-order valence-electron chi connectivity index (χ0n) is 20.4. The number of carbonyl (C=O) groups excluding carboxylic acids is 1. The van der Waals surface area contributed by atoms with Crippen LogP contribution in [0.4, 0.5) is 5.69 Å². The van der Waals surface area contributed by atoms with E-state index in [1.54, 1.807) is 55.6 Å². The van der Waals surface area contributed by atoms with Crippen molar-refractivity contribution in [1.29, 1.82) is 0 Å². The molecule has 0 aromatic heterocycles. The van der Waals surface area contributed by atoms with Gasteiger partial charge in [0.2, 0.25) is 5.91 Å². The lowest BCUT2D eigenvalue weighted by atomic mass is 10.1. The molecule has 0 aliphatic heterocycles. The fraction of sp³-hybridized carbons (Fsp3) is 0.269. The number of nitrogens with one attached hydrogen (secondary N) is 1. The van der Waals surface area contributed by atoms with E-state index in [2.05, 4.69) is 5.32 Å². The molecule has 1 atom stereocenters. The van der Waals surface area contributed by atoms with Crippen molar-refractivity contribution in [2.45, 2.75) is 24.8 Å². The highest BCUT2D eigenvalue weighted by atomic mass is 32.2. The van der Waals surface area contributed by atoms with Crippen molar-refractivity contribution in [2.24, 2.45) is 0 Å². The fourth-order valence-electron chi connectivity index (χ4n) is 3.52. The van der Waals surface area contributed by atoms with Gasteiger partial charge in [0.1, 0.15) is 12.3 Å². The van der Waals surface area contributed by atoms with E-state index in [4.69, 9.17) is 14.2 Å². The van der Waals surface area contributed by atoms with Crippen LogP contribution in [0.15, 0.2) is 71.6 Å². The third-order valence-corrected chi connectivity index (χ3v) is 7.33. The van der Waals surface area contributed by atoms with E-state index in [0.717, 1.165) is 15.4 Å². The molecule has 0 radical (unpaired) electrons. The molecule has 0 saturated heterocycles. The summed E-state index contributed by atoms with van der Waals surface area (Å²) < 4.78 is 43.9. The van der Waals surface area contributed by atoms with Gasteiger partial charge < -0.3 is 19.5 Å². The van der Waals surface area contributed by atoms with Crippen LogP contribution >= 0.6 is 0 Å². The summed E-state index contributed by atoms with van der Waals surface area (Å²) in [6.07, 6.45) is 0. The Hall–Kier alpha value is -3.72. The monoisotopic (exact) mass is 498 g/mol. The van der Waals surface area contributed by atoms with Gasteiger partial charge in [-0.15, -0.1) is 0 Å². The second-order valence-electron chi connectivity index (χ2n) is 7.93. The van der Waals surface area contributed by atoms with Crippen molar-refractivity contribution in [3.05, 3.63) is 77.9 Å². The van der Waals surface area contributed by atoms with Gasteiger partial charge in [-0.2, -0.15) is 0 Å². The van der Waals surface area contributed by atoms with E-state index in [1.807, 2.05) is 19.9 Å². The summed E-state index contributed by atoms with van der Waals surface area (Å²) in [6.45, 7) is 3.33. The molecule has 0 spiro atoms. The first-order valence-corrected chi connectivity index (χ1v) is 12.4. The molecule has 0 aliphatic carbocycles. The van der Waals surface area contributed by atoms with Crippen molar-refractivity contribution >= 4 is 21.6 Å². The highest BCUT2D eigenvalue weighted by Gasteiger charge is 2.28. The zero-order chi connectivity index (χ0) is 25.6. The first-order chi connectivity index (χ1) is 16.7. The van der Waals surface area contributed by atoms with E-state index in [9.17, 15) is 13.2 Å². The first-order valence-electron chi connectivity index (χ1n) is 10.9. The fourth-order valence-corrected chi connectivity index (χ4v) is 4.95. The maximum Gasteiger partial charge on any atom is 0.264 e. The number of nitrogens with zero attached hydrogens (tertiary/aromatic N) is 1. The van der Waals surface area contributed by atoms with Gasteiger partial charge in [0.15, 0.2) is 11.5 Å². The quantitative estimate of drug-likeness (QED) is 0.452. The lowest BCUT2D eigenvalue weighted by Gasteiger charge is -2.25. The van der Waals surface area contributed by atoms with Crippen molar-refractivity contribution in [1.82, 2.24) is 5.32 Å². The molecular formula is C26H30N2O6S. The molecule has 9 heteroatoms. The molecule has 0 fully saturated rings. The number of ether oxygens (including phenoxy) is 3. The number of benzene rings is 3. The van der Waals surface area contributed by atoms with Crippen molar-refractivity contribution in [3.8, 4) is 17.2 Å². The summed E-state index contributed by atoms with van der Waals surface area (Å²) in [5.74, 6) is 1.19. The Balaban J connectivity index is 1.87. The van der Waals surface area contributed by atoms with Gasteiger partial charge in [-0.3, -0.25) is 9.10 Å². The Bertz CT molecular complexity index is 1260. The van der Waals surface area contributed by atoms with Gasteiger partial charge in [-0.25, -0.2) is 8.42 Å². The number of hydrogen-bond donors (Lipinski definition) is 1. The number of anilines is 1. The van der Waals surface area contributed by atoms with Crippen LogP contribution in [0, 0.1) is 6.92 Å². The van der Waals surface area contributed by atoms with E-state index >= 15 is 0 Å². The Morgan fingerprint density at radius 1 is 0.886 bits per heavy atom. The van der Waals surface area contributed by atoms with E-state index in [1.165, 1.54) is 26.4 Å². The minimum Gasteiger partial charge on any atom is -0.497 e. The largest absolute Gasteiger partial charge is 0.497 e. The number of sulfonamides is 1. The molecule has 3 aromatic carbocycles. The predicted octanol–water partition coefficient (Wildman–Crippen LogP) is 4.09. The molecule has 0 saturated carbocycles. The molecule has 0 unspecified atom stereocenters. The second-order valence-corrected chi connectivity index (χ2v) is 9.79. The van der Waals surface area contributed by atoms with Gasteiger partial charge in [-0.05, 0) is 67.9 Å². The first kappa shape index (κ1) is 25.9. The summed E-state index contributed by atoms with van der Waals surface area (Å²) in [7, 11) is 0.563. The van der Waals surface area contributed by atoms with E-state index < -0.39 is 28.5 Å². The number of aryl methyl sites for hydroxylation is 1. The molecule has 3 rings (SSSR count). The molecular weight excluding hydrogens is 468 g/mol. The molecule has 1 N–H and O–H groups in total. The second kappa shape index (κ2) is 11.1. The van der Waals surface area contributed by atoms with Crippen LogP contribution in [-0.4, -0.2) is 42.2 Å². The van der Waals surface area contributed by atoms with Crippen molar-refractivity contribution in [2.75, 3.05) is 32.2 Å². The average Bonchev–Trinajstić information content (AvgIpc) is 2.87. The van der Waals surface area contributed by atoms with E-state index in [-0.39, 0.29) is 4.90 Å². The molecule has 35 heavy (non-hydrogen) atoms. The summed E-state index contributed by atoms with van der Waals surface area (Å²) in [5, 5.41) is 2.88. The molecule has 8 nitrogen and oxygen atoms in total. The minimum absolute atomic E-state index is 0.0552. The number of rotatable bonds is 10. The molecule has 1 amide bonds. The minimum atomic E-state index is -4.03. The highest BCUT2D eigenvalue weighted by molar-refractivity contribution is 7.92. The average molecular weight is 499 g/mol. The number of methoxy groups -OCH3 is 3. The zero-order valence-corrected chi connectivity index (χ0v) is 21.3. The van der Waals surface area contributed by atoms with Gasteiger partial charge in [-0.1, -0.05) is 23.8 Å². The summed E-state index contributed by atoms with van der Waals surface area (Å²) in [4.78, 5) is 13.1. The maximum absolute atomic E-state index is 13.5. The summed E-state index contributed by atoms with van der Waals surface area (Å²) in [6, 6.07) is 18.0. The molecule has 0 heterocycles. The SMILES string of the molecule is COc1ccc(S(=O)(=O)N(CC(=O)N[C@@H](C)c2ccc(OC)c(OC)c2)c2ccc(C)cc2)cc1. The van der Waals surface area contributed by atoms with Gasteiger partial charge in [0, 0.05) is 0 Å². The normalized spacial score (nSPS) is 11.9. The van der Waals surface area contributed by atoms with Crippen molar-refractivity contribution < 1.29 is 27.4 Å². The van der Waals surface area contributed by atoms with Gasteiger partial charge >= 0.3 is 0 Å². The van der Waals surface area contributed by atoms with Crippen LogP contribution in [0.3, 0.4) is 0 Å². The highest BCUT2D eigenvalue weighted by Crippen LogP contribution is 2.30. The number of carbonyl (C=O) groups is 1. The lowest BCUT2D eigenvalue weighted by molar-refractivity contribution is -0.120. The molecule has 0 bridgehead atoms. The molecule has 186 valence electrons. The van der Waals surface area contributed by atoms with Crippen molar-refractivity contribution in [3.63, 3.8) is 0 Å². The Morgan fingerprint density at radius 2 is 1.51 bits per heavy atom. The molecule has 0 aliphatic rings. The summed E-state index contributed by atoms with van der Waals surface area (Å²) >= 11 is 0. The lowest BCUT2D eigenvalue weighted by Crippen LogP contribution is -2.41. The number of amides is 1. The van der Waals surface area contributed by atoms with Gasteiger partial charge in [0.05, 0.1) is 38.0 Å². The predicted molar refractivity (Wildman–Crippen MR) is 135 cm³/mol. The maximum atomic E-state index is 13.5. The van der Waals surface area contributed by atoms with Crippen LogP contribution in [0.25, 0.3) is 0 Å².